The number of ether oxygens (including phenoxy) is 2. The number of methoxy groups -OCH3 is 1. The molecule has 0 radical (unpaired) electrons. The summed E-state index contributed by atoms with van der Waals surface area (Å²) in [4.78, 5) is 25.9. The van der Waals surface area contributed by atoms with Crippen molar-refractivity contribution in [3.63, 3.8) is 0 Å². The SMILES string of the molecule is COC(=O)[C@H]1CC(O)(c2ccc(F)cc2)CCN1C(=O)OC(C)(C)C. The number of hydrogen-bond acceptors (Lipinski definition) is 5. The van der Waals surface area contributed by atoms with E-state index in [0.29, 0.717) is 5.56 Å². The normalized spacial score (nSPS) is 23.9. The molecule has 2 rings (SSSR count). The van der Waals surface area contributed by atoms with Crippen molar-refractivity contribution in [3.8, 4) is 0 Å². The van der Waals surface area contributed by atoms with E-state index in [2.05, 4.69) is 0 Å². The van der Waals surface area contributed by atoms with E-state index in [1.165, 1.54) is 36.3 Å². The molecule has 25 heavy (non-hydrogen) atoms. The van der Waals surface area contributed by atoms with Crippen LogP contribution in [0.15, 0.2) is 24.3 Å². The van der Waals surface area contributed by atoms with Crippen LogP contribution in [0.5, 0.6) is 0 Å². The minimum Gasteiger partial charge on any atom is -0.467 e. The van der Waals surface area contributed by atoms with Gasteiger partial charge in [-0.2, -0.15) is 0 Å². The van der Waals surface area contributed by atoms with Crippen LogP contribution in [0.3, 0.4) is 0 Å². The quantitative estimate of drug-likeness (QED) is 0.827. The number of hydrogen-bond donors (Lipinski definition) is 1. The Bertz CT molecular complexity index is 640. The maximum atomic E-state index is 13.1. The third-order valence-corrected chi connectivity index (χ3v) is 4.16. The average Bonchev–Trinajstić information content (AvgIpc) is 2.52. The molecule has 1 aromatic carbocycles. The van der Waals surface area contributed by atoms with Crippen LogP contribution >= 0.6 is 0 Å². The Kier molecular flexibility index (Phi) is 5.37. The highest BCUT2D eigenvalue weighted by Crippen LogP contribution is 2.37. The largest absolute Gasteiger partial charge is 0.467 e. The Morgan fingerprint density at radius 3 is 2.40 bits per heavy atom. The molecule has 1 fully saturated rings. The smallest absolute Gasteiger partial charge is 0.411 e. The van der Waals surface area contributed by atoms with Crippen molar-refractivity contribution in [2.75, 3.05) is 13.7 Å². The van der Waals surface area contributed by atoms with Crippen LogP contribution in [0.4, 0.5) is 9.18 Å². The summed E-state index contributed by atoms with van der Waals surface area (Å²) in [6, 6.07) is 4.48. The van der Waals surface area contributed by atoms with Crippen molar-refractivity contribution in [3.05, 3.63) is 35.6 Å². The number of likely N-dealkylation sites (tertiary alicyclic amines) is 1. The Morgan fingerprint density at radius 2 is 1.88 bits per heavy atom. The second-order valence-corrected chi connectivity index (χ2v) is 7.21. The summed E-state index contributed by atoms with van der Waals surface area (Å²) in [6.45, 7) is 5.31. The van der Waals surface area contributed by atoms with Crippen LogP contribution in [0.2, 0.25) is 0 Å². The van der Waals surface area contributed by atoms with Crippen molar-refractivity contribution >= 4 is 12.1 Å². The van der Waals surface area contributed by atoms with Crippen molar-refractivity contribution < 1.29 is 28.6 Å². The lowest BCUT2D eigenvalue weighted by molar-refractivity contribution is -0.154. The first-order chi connectivity index (χ1) is 11.6. The minimum atomic E-state index is -1.36. The molecule has 1 aliphatic rings. The van der Waals surface area contributed by atoms with Gasteiger partial charge in [0.15, 0.2) is 0 Å². The molecule has 1 aliphatic heterocycles. The standard InChI is InChI=1S/C18H24FNO5/c1-17(2,3)25-16(22)20-10-9-18(23,11-14(20)15(21)24-4)12-5-7-13(19)8-6-12/h5-8,14,23H,9-11H2,1-4H3/t14-,18?/m1/s1. The van der Waals surface area contributed by atoms with Crippen molar-refractivity contribution in [1.29, 1.82) is 0 Å². The molecule has 0 aromatic heterocycles. The number of halogens is 1. The van der Waals surface area contributed by atoms with Gasteiger partial charge in [0.25, 0.3) is 0 Å². The predicted octanol–water partition coefficient (Wildman–Crippen LogP) is 2.59. The molecule has 7 heteroatoms. The average molecular weight is 353 g/mol. The molecule has 1 heterocycles. The van der Waals surface area contributed by atoms with Gasteiger partial charge >= 0.3 is 12.1 Å². The summed E-state index contributed by atoms with van der Waals surface area (Å²) in [6.07, 6.45) is -0.486. The van der Waals surface area contributed by atoms with Crippen LogP contribution in [-0.4, -0.2) is 47.4 Å². The minimum absolute atomic E-state index is 0.0510. The Balaban J connectivity index is 2.26. The summed E-state index contributed by atoms with van der Waals surface area (Å²) in [5, 5.41) is 11.0. The van der Waals surface area contributed by atoms with Gasteiger partial charge in [-0.1, -0.05) is 12.1 Å². The summed E-state index contributed by atoms with van der Waals surface area (Å²) in [5.41, 5.74) is -1.57. The summed E-state index contributed by atoms with van der Waals surface area (Å²) >= 11 is 0. The highest BCUT2D eigenvalue weighted by atomic mass is 19.1. The molecule has 138 valence electrons. The van der Waals surface area contributed by atoms with Gasteiger partial charge in [0.1, 0.15) is 17.5 Å². The van der Waals surface area contributed by atoms with E-state index in [0.717, 1.165) is 0 Å². The van der Waals surface area contributed by atoms with Gasteiger partial charge in [-0.25, -0.2) is 14.0 Å². The summed E-state index contributed by atoms with van der Waals surface area (Å²) < 4.78 is 23.3. The number of piperidine rings is 1. The molecular formula is C18H24FNO5. The van der Waals surface area contributed by atoms with Gasteiger partial charge < -0.3 is 14.6 Å². The fourth-order valence-corrected chi connectivity index (χ4v) is 2.90. The fraction of sp³-hybridized carbons (Fsp3) is 0.556. The highest BCUT2D eigenvalue weighted by Gasteiger charge is 2.46. The van der Waals surface area contributed by atoms with Gasteiger partial charge in [0.2, 0.25) is 0 Å². The van der Waals surface area contributed by atoms with Crippen LogP contribution < -0.4 is 0 Å². The van der Waals surface area contributed by atoms with Gasteiger partial charge in [0.05, 0.1) is 12.7 Å². The molecule has 0 bridgehead atoms. The number of rotatable bonds is 2. The van der Waals surface area contributed by atoms with Gasteiger partial charge in [-0.3, -0.25) is 4.90 Å². The molecule has 1 amide bonds. The summed E-state index contributed by atoms with van der Waals surface area (Å²) in [7, 11) is 1.22. The maximum absolute atomic E-state index is 13.1. The van der Waals surface area contributed by atoms with E-state index in [9.17, 15) is 19.1 Å². The lowest BCUT2D eigenvalue weighted by Gasteiger charge is -2.42. The van der Waals surface area contributed by atoms with E-state index in [4.69, 9.17) is 9.47 Å². The molecule has 0 saturated carbocycles. The number of benzene rings is 1. The van der Waals surface area contributed by atoms with E-state index < -0.39 is 35.1 Å². The number of amides is 1. The number of esters is 1. The number of carbonyl (C=O) groups excluding carboxylic acids is 2. The molecule has 0 aliphatic carbocycles. The molecule has 1 saturated heterocycles. The maximum Gasteiger partial charge on any atom is 0.411 e. The van der Waals surface area contributed by atoms with Crippen molar-refractivity contribution in [2.24, 2.45) is 0 Å². The van der Waals surface area contributed by atoms with Gasteiger partial charge in [0, 0.05) is 13.0 Å². The fourth-order valence-electron chi connectivity index (χ4n) is 2.90. The Hall–Kier alpha value is -2.15. The highest BCUT2D eigenvalue weighted by molar-refractivity contribution is 5.82. The third kappa shape index (κ3) is 4.48. The van der Waals surface area contributed by atoms with Crippen LogP contribution in [-0.2, 0) is 19.9 Å². The molecule has 0 spiro atoms. The second-order valence-electron chi connectivity index (χ2n) is 7.21. The number of nitrogens with zero attached hydrogens (tertiary/aromatic N) is 1. The number of carbonyl (C=O) groups is 2. The lowest BCUT2D eigenvalue weighted by Crippen LogP contribution is -2.55. The molecule has 1 unspecified atom stereocenters. The van der Waals surface area contributed by atoms with Crippen molar-refractivity contribution in [2.45, 2.75) is 50.9 Å². The van der Waals surface area contributed by atoms with Crippen LogP contribution in [0, 0.1) is 5.82 Å². The Morgan fingerprint density at radius 1 is 1.28 bits per heavy atom. The monoisotopic (exact) mass is 353 g/mol. The number of aliphatic hydroxyl groups is 1. The summed E-state index contributed by atoms with van der Waals surface area (Å²) in [5.74, 6) is -1.05. The van der Waals surface area contributed by atoms with Gasteiger partial charge in [-0.15, -0.1) is 0 Å². The zero-order chi connectivity index (χ0) is 18.8. The van der Waals surface area contributed by atoms with Crippen molar-refractivity contribution in [1.82, 2.24) is 4.90 Å². The van der Waals surface area contributed by atoms with E-state index in [-0.39, 0.29) is 19.4 Å². The first-order valence-corrected chi connectivity index (χ1v) is 8.11. The lowest BCUT2D eigenvalue weighted by atomic mass is 9.81. The van der Waals surface area contributed by atoms with Crippen LogP contribution in [0.25, 0.3) is 0 Å². The van der Waals surface area contributed by atoms with E-state index in [1.54, 1.807) is 20.8 Å². The zero-order valence-corrected chi connectivity index (χ0v) is 14.9. The topological polar surface area (TPSA) is 76.1 Å². The van der Waals surface area contributed by atoms with E-state index in [1.807, 2.05) is 0 Å². The van der Waals surface area contributed by atoms with Gasteiger partial charge in [-0.05, 0) is 44.9 Å². The second kappa shape index (κ2) is 7.00. The molecule has 1 aromatic rings. The van der Waals surface area contributed by atoms with E-state index >= 15 is 0 Å². The Labute approximate surface area is 146 Å². The molecule has 2 atom stereocenters. The molecule has 6 nitrogen and oxygen atoms in total. The van der Waals surface area contributed by atoms with Crippen LogP contribution in [0.1, 0.15) is 39.2 Å². The third-order valence-electron chi connectivity index (χ3n) is 4.16. The first kappa shape index (κ1) is 19.2. The first-order valence-electron chi connectivity index (χ1n) is 8.11. The predicted molar refractivity (Wildman–Crippen MR) is 88.3 cm³/mol. The zero-order valence-electron chi connectivity index (χ0n) is 14.9. The molecule has 1 N–H and O–H groups in total. The molecular weight excluding hydrogens is 329 g/mol.